The van der Waals surface area contributed by atoms with E-state index in [0.717, 1.165) is 4.90 Å². The van der Waals surface area contributed by atoms with Crippen molar-refractivity contribution in [1.82, 2.24) is 10.2 Å². The Morgan fingerprint density at radius 2 is 2.00 bits per heavy atom. The minimum atomic E-state index is -1.10. The predicted octanol–water partition coefficient (Wildman–Crippen LogP) is 0.532. The minimum absolute atomic E-state index is 0.0119. The van der Waals surface area contributed by atoms with E-state index in [1.54, 1.807) is 24.3 Å². The summed E-state index contributed by atoms with van der Waals surface area (Å²) in [5, 5.41) is 2.52. The molecule has 0 unspecified atom stereocenters. The number of rotatable bonds is 5. The third kappa shape index (κ3) is 3.71. The van der Waals surface area contributed by atoms with Crippen LogP contribution in [0, 0.1) is 5.92 Å². The molecule has 1 aromatic carbocycles. The normalized spacial score (nSPS) is 20.4. The van der Waals surface area contributed by atoms with Crippen molar-refractivity contribution in [3.8, 4) is 5.75 Å². The molecule has 2 saturated heterocycles. The monoisotopic (exact) mass is 375 g/mol. The van der Waals surface area contributed by atoms with Gasteiger partial charge in [-0.15, -0.1) is 0 Å². The number of hydrogen-bond acceptors (Lipinski definition) is 6. The first-order valence-electron chi connectivity index (χ1n) is 8.65. The van der Waals surface area contributed by atoms with Crippen molar-refractivity contribution >= 4 is 29.5 Å². The minimum Gasteiger partial charge on any atom is -0.495 e. The Kier molecular flexibility index (Phi) is 5.29. The molecule has 0 bridgehead atoms. The molecule has 2 aliphatic heterocycles. The molecule has 0 aromatic heterocycles. The molecule has 0 saturated carbocycles. The highest BCUT2D eigenvalue weighted by Crippen LogP contribution is 2.33. The van der Waals surface area contributed by atoms with Crippen LogP contribution in [-0.4, -0.2) is 61.6 Å². The Morgan fingerprint density at radius 1 is 1.26 bits per heavy atom. The number of para-hydroxylation sites is 2. The van der Waals surface area contributed by atoms with Crippen molar-refractivity contribution in [2.45, 2.75) is 19.4 Å². The van der Waals surface area contributed by atoms with Crippen molar-refractivity contribution in [2.24, 2.45) is 5.92 Å². The number of amides is 4. The molecule has 0 spiro atoms. The van der Waals surface area contributed by atoms with Gasteiger partial charge in [-0.25, -0.2) is 4.79 Å². The summed E-state index contributed by atoms with van der Waals surface area (Å²) in [5.74, 6) is -1.60. The first-order valence-corrected chi connectivity index (χ1v) is 8.65. The van der Waals surface area contributed by atoms with Crippen molar-refractivity contribution in [1.29, 1.82) is 0 Å². The largest absolute Gasteiger partial charge is 0.495 e. The molecule has 9 heteroatoms. The summed E-state index contributed by atoms with van der Waals surface area (Å²) in [6.45, 7) is 2.17. The second kappa shape index (κ2) is 7.65. The Hall–Kier alpha value is -3.10. The third-order valence-electron chi connectivity index (χ3n) is 4.60. The zero-order valence-electron chi connectivity index (χ0n) is 15.1. The number of hydrogen-bond donors (Lipinski definition) is 1. The standard InChI is InChI=1S/C18H21N3O6/c1-11(16(23)20-8-7-19-18(20)25)27-17(24)12-9-15(22)21(10-12)13-5-3-4-6-14(13)26-2/h3-6,11-12H,7-10H2,1-2H3,(H,19,25)/t11-,12+/m0/s1. The van der Waals surface area contributed by atoms with Crippen LogP contribution in [0.15, 0.2) is 24.3 Å². The summed E-state index contributed by atoms with van der Waals surface area (Å²) in [6.07, 6.45) is -1.11. The fourth-order valence-corrected chi connectivity index (χ4v) is 3.17. The van der Waals surface area contributed by atoms with Crippen LogP contribution in [0.1, 0.15) is 13.3 Å². The SMILES string of the molecule is COc1ccccc1N1C[C@H](C(=O)O[C@@H](C)C(=O)N2CCNC2=O)CC1=O. The number of anilines is 1. The number of imide groups is 1. The van der Waals surface area contributed by atoms with E-state index in [0.29, 0.717) is 18.0 Å². The molecule has 0 aliphatic carbocycles. The molecule has 1 N–H and O–H groups in total. The molecule has 0 radical (unpaired) electrons. The van der Waals surface area contributed by atoms with Crippen molar-refractivity contribution in [3.63, 3.8) is 0 Å². The molecule has 27 heavy (non-hydrogen) atoms. The fourth-order valence-electron chi connectivity index (χ4n) is 3.17. The molecule has 3 rings (SSSR count). The van der Waals surface area contributed by atoms with E-state index in [4.69, 9.17) is 9.47 Å². The van der Waals surface area contributed by atoms with E-state index in [1.165, 1.54) is 18.9 Å². The molecule has 2 heterocycles. The highest BCUT2D eigenvalue weighted by atomic mass is 16.5. The van der Waals surface area contributed by atoms with Gasteiger partial charge in [-0.2, -0.15) is 0 Å². The molecular formula is C18H21N3O6. The van der Waals surface area contributed by atoms with Crippen LogP contribution in [0.3, 0.4) is 0 Å². The van der Waals surface area contributed by atoms with Crippen LogP contribution in [0.2, 0.25) is 0 Å². The molecular weight excluding hydrogens is 354 g/mol. The lowest BCUT2D eigenvalue weighted by atomic mass is 10.1. The smallest absolute Gasteiger partial charge is 0.324 e. The van der Waals surface area contributed by atoms with Gasteiger partial charge in [0.05, 0.1) is 18.7 Å². The molecule has 1 aromatic rings. The molecule has 2 fully saturated rings. The number of urea groups is 1. The maximum atomic E-state index is 12.4. The first-order chi connectivity index (χ1) is 12.9. The summed E-state index contributed by atoms with van der Waals surface area (Å²) >= 11 is 0. The molecule has 2 aliphatic rings. The van der Waals surface area contributed by atoms with Gasteiger partial charge in [-0.3, -0.25) is 19.3 Å². The van der Waals surface area contributed by atoms with E-state index in [1.807, 2.05) is 0 Å². The van der Waals surface area contributed by atoms with Crippen molar-refractivity contribution < 1.29 is 28.7 Å². The lowest BCUT2D eigenvalue weighted by Gasteiger charge is -2.21. The van der Waals surface area contributed by atoms with Gasteiger partial charge in [-0.05, 0) is 19.1 Å². The van der Waals surface area contributed by atoms with Gasteiger partial charge in [0.15, 0.2) is 6.10 Å². The topological polar surface area (TPSA) is 105 Å². The Labute approximate surface area is 156 Å². The second-order valence-corrected chi connectivity index (χ2v) is 6.38. The maximum Gasteiger partial charge on any atom is 0.324 e. The van der Waals surface area contributed by atoms with E-state index in [2.05, 4.69) is 5.32 Å². The average Bonchev–Trinajstić information content (AvgIpc) is 3.26. The van der Waals surface area contributed by atoms with Gasteiger partial charge in [0, 0.05) is 26.1 Å². The van der Waals surface area contributed by atoms with Gasteiger partial charge in [0.2, 0.25) is 5.91 Å². The van der Waals surface area contributed by atoms with Crippen molar-refractivity contribution in [3.05, 3.63) is 24.3 Å². The summed E-state index contributed by atoms with van der Waals surface area (Å²) in [5.41, 5.74) is 0.582. The Bertz CT molecular complexity index is 780. The van der Waals surface area contributed by atoms with Gasteiger partial charge >= 0.3 is 12.0 Å². The number of nitrogens with zero attached hydrogens (tertiary/aromatic N) is 2. The highest BCUT2D eigenvalue weighted by Gasteiger charge is 2.39. The van der Waals surface area contributed by atoms with Crippen LogP contribution in [0.5, 0.6) is 5.75 Å². The van der Waals surface area contributed by atoms with Crippen molar-refractivity contribution in [2.75, 3.05) is 31.6 Å². The fraction of sp³-hybridized carbons (Fsp3) is 0.444. The number of carbonyl (C=O) groups is 4. The Morgan fingerprint density at radius 3 is 2.67 bits per heavy atom. The van der Waals surface area contributed by atoms with E-state index >= 15 is 0 Å². The quantitative estimate of drug-likeness (QED) is 0.753. The van der Waals surface area contributed by atoms with E-state index in [9.17, 15) is 19.2 Å². The number of benzene rings is 1. The molecule has 4 amide bonds. The lowest BCUT2D eigenvalue weighted by molar-refractivity contribution is -0.160. The number of nitrogens with one attached hydrogen (secondary N) is 1. The highest BCUT2D eigenvalue weighted by molar-refractivity contribution is 6.01. The van der Waals surface area contributed by atoms with Gasteiger partial charge in [0.25, 0.3) is 5.91 Å². The van der Waals surface area contributed by atoms with Crippen LogP contribution in [-0.2, 0) is 19.1 Å². The van der Waals surface area contributed by atoms with Gasteiger partial charge in [-0.1, -0.05) is 12.1 Å². The summed E-state index contributed by atoms with van der Waals surface area (Å²) in [7, 11) is 1.51. The number of carbonyl (C=O) groups excluding carboxylic acids is 4. The number of esters is 1. The second-order valence-electron chi connectivity index (χ2n) is 6.38. The first kappa shape index (κ1) is 18.7. The van der Waals surface area contributed by atoms with Crippen LogP contribution in [0.25, 0.3) is 0 Å². The summed E-state index contributed by atoms with van der Waals surface area (Å²) in [4.78, 5) is 51.1. The Balaban J connectivity index is 1.63. The van der Waals surface area contributed by atoms with Gasteiger partial charge in [0.1, 0.15) is 5.75 Å². The van der Waals surface area contributed by atoms with Crippen LogP contribution >= 0.6 is 0 Å². The summed E-state index contributed by atoms with van der Waals surface area (Å²) < 4.78 is 10.5. The zero-order valence-corrected chi connectivity index (χ0v) is 15.1. The predicted molar refractivity (Wildman–Crippen MR) is 94.1 cm³/mol. The lowest BCUT2D eigenvalue weighted by Crippen LogP contribution is -2.42. The molecule has 144 valence electrons. The number of ether oxygens (including phenoxy) is 2. The van der Waals surface area contributed by atoms with E-state index in [-0.39, 0.29) is 25.4 Å². The van der Waals surface area contributed by atoms with Gasteiger partial charge < -0.3 is 19.7 Å². The van der Waals surface area contributed by atoms with E-state index < -0.39 is 29.9 Å². The zero-order chi connectivity index (χ0) is 19.6. The average molecular weight is 375 g/mol. The maximum absolute atomic E-state index is 12.4. The molecule has 2 atom stereocenters. The number of methoxy groups -OCH3 is 1. The van der Waals surface area contributed by atoms with Crippen LogP contribution < -0.4 is 15.0 Å². The third-order valence-corrected chi connectivity index (χ3v) is 4.60. The summed E-state index contributed by atoms with van der Waals surface area (Å²) in [6, 6.07) is 6.54. The van der Waals surface area contributed by atoms with Crippen LogP contribution in [0.4, 0.5) is 10.5 Å². The molecule has 9 nitrogen and oxygen atoms in total.